The van der Waals surface area contributed by atoms with Gasteiger partial charge in [0, 0.05) is 28.4 Å². The van der Waals surface area contributed by atoms with Crippen LogP contribution in [0.5, 0.6) is 0 Å². The Morgan fingerprint density at radius 3 is 2.59 bits per heavy atom. The molecule has 34 heavy (non-hydrogen) atoms. The van der Waals surface area contributed by atoms with Gasteiger partial charge in [0.2, 0.25) is 5.91 Å². The third kappa shape index (κ3) is 4.55. The van der Waals surface area contributed by atoms with Gasteiger partial charge in [0.15, 0.2) is 0 Å². The third-order valence-corrected chi connectivity index (χ3v) is 6.06. The molecule has 0 aliphatic rings. The first-order valence-electron chi connectivity index (χ1n) is 11.5. The number of anilines is 1. The summed E-state index contributed by atoms with van der Waals surface area (Å²) >= 11 is 0. The predicted molar refractivity (Wildman–Crippen MR) is 136 cm³/mol. The van der Waals surface area contributed by atoms with Crippen LogP contribution in [0.3, 0.4) is 0 Å². The number of nitrogens with one attached hydrogen (secondary N) is 2. The molecule has 2 aromatic heterocycles. The largest absolute Gasteiger partial charge is 0.353 e. The van der Waals surface area contributed by atoms with Gasteiger partial charge >= 0.3 is 0 Å². The van der Waals surface area contributed by atoms with Crippen LogP contribution in [-0.4, -0.2) is 15.9 Å². The van der Waals surface area contributed by atoms with E-state index in [-0.39, 0.29) is 11.7 Å². The minimum atomic E-state index is -0.279. The number of aryl methyl sites for hydroxylation is 3. The summed E-state index contributed by atoms with van der Waals surface area (Å²) in [5, 5.41) is 4.90. The number of carbonyl (C=O) groups excluding carboxylic acids is 1. The number of carbonyl (C=O) groups is 1. The van der Waals surface area contributed by atoms with E-state index in [1.165, 1.54) is 6.07 Å². The molecule has 2 heterocycles. The van der Waals surface area contributed by atoms with Crippen molar-refractivity contribution < 1.29 is 9.18 Å². The van der Waals surface area contributed by atoms with Crippen LogP contribution < -0.4 is 5.32 Å². The van der Waals surface area contributed by atoms with Gasteiger partial charge in [-0.2, -0.15) is 0 Å². The second kappa shape index (κ2) is 9.10. The van der Waals surface area contributed by atoms with Gasteiger partial charge in [0.05, 0.1) is 16.9 Å². The number of fused-ring (bicyclic) bond motifs is 2. The number of para-hydroxylation sites is 1. The van der Waals surface area contributed by atoms with Crippen molar-refractivity contribution in [2.24, 2.45) is 0 Å². The molecular weight excluding hydrogens is 425 g/mol. The van der Waals surface area contributed by atoms with E-state index in [9.17, 15) is 9.18 Å². The minimum absolute atomic E-state index is 0.0265. The molecule has 170 valence electrons. The zero-order chi connectivity index (χ0) is 23.7. The molecule has 2 N–H and O–H groups in total. The lowest BCUT2D eigenvalue weighted by Crippen LogP contribution is -2.11. The van der Waals surface area contributed by atoms with E-state index in [4.69, 9.17) is 4.98 Å². The Hall–Kier alpha value is -3.99. The first-order valence-corrected chi connectivity index (χ1v) is 11.5. The summed E-state index contributed by atoms with van der Waals surface area (Å²) in [5.41, 5.74) is 7.48. The number of halogens is 1. The zero-order valence-electron chi connectivity index (χ0n) is 19.3. The highest BCUT2D eigenvalue weighted by molar-refractivity contribution is 5.92. The van der Waals surface area contributed by atoms with E-state index >= 15 is 0 Å². The normalized spacial score (nSPS) is 11.3. The van der Waals surface area contributed by atoms with Crippen LogP contribution in [-0.2, 0) is 11.2 Å². The highest BCUT2D eigenvalue weighted by Crippen LogP contribution is 2.32. The molecule has 0 spiro atoms. The maximum Gasteiger partial charge on any atom is 0.224 e. The van der Waals surface area contributed by atoms with Crippen molar-refractivity contribution in [2.45, 2.75) is 33.1 Å². The molecule has 0 saturated heterocycles. The lowest BCUT2D eigenvalue weighted by atomic mass is 10.0. The number of aromatic amines is 1. The van der Waals surface area contributed by atoms with Crippen molar-refractivity contribution in [3.63, 3.8) is 0 Å². The topological polar surface area (TPSA) is 57.8 Å². The Morgan fingerprint density at radius 1 is 0.971 bits per heavy atom. The molecule has 0 aliphatic heterocycles. The van der Waals surface area contributed by atoms with Crippen molar-refractivity contribution in [1.82, 2.24) is 9.97 Å². The van der Waals surface area contributed by atoms with Crippen LogP contribution in [0.15, 0.2) is 72.8 Å². The Bertz CT molecular complexity index is 1500. The molecule has 0 aliphatic carbocycles. The highest BCUT2D eigenvalue weighted by Gasteiger charge is 2.16. The van der Waals surface area contributed by atoms with E-state index < -0.39 is 0 Å². The standard InChI is InChI=1S/C29H26FN3O/c1-18-14-19(2)16-22(15-18)31-28(34)9-5-7-23-24-17-21(30)11-13-26(24)33-29(23)27-12-10-20-6-3-4-8-25(20)32-27/h3-4,6,8,10-17,33H,5,7,9H2,1-2H3,(H,31,34). The highest BCUT2D eigenvalue weighted by atomic mass is 19.1. The molecule has 5 heteroatoms. The Labute approximate surface area is 197 Å². The lowest BCUT2D eigenvalue weighted by molar-refractivity contribution is -0.116. The summed E-state index contributed by atoms with van der Waals surface area (Å²) in [5.74, 6) is -0.306. The van der Waals surface area contributed by atoms with Crippen molar-refractivity contribution in [3.05, 3.63) is 95.3 Å². The molecule has 5 rings (SSSR count). The van der Waals surface area contributed by atoms with Gasteiger partial charge in [-0.3, -0.25) is 4.79 Å². The number of H-pyrrole nitrogens is 1. The molecule has 3 aromatic carbocycles. The molecule has 0 unspecified atom stereocenters. The fourth-order valence-electron chi connectivity index (χ4n) is 4.60. The number of hydrogen-bond acceptors (Lipinski definition) is 2. The van der Waals surface area contributed by atoms with Crippen molar-refractivity contribution in [1.29, 1.82) is 0 Å². The zero-order valence-corrected chi connectivity index (χ0v) is 19.3. The molecule has 4 nitrogen and oxygen atoms in total. The molecule has 5 aromatic rings. The summed E-state index contributed by atoms with van der Waals surface area (Å²) in [6.07, 6.45) is 1.65. The van der Waals surface area contributed by atoms with Crippen molar-refractivity contribution >= 4 is 33.4 Å². The minimum Gasteiger partial charge on any atom is -0.353 e. The number of hydrogen-bond donors (Lipinski definition) is 2. The summed E-state index contributed by atoms with van der Waals surface area (Å²) < 4.78 is 14.1. The van der Waals surface area contributed by atoms with E-state index in [0.717, 1.165) is 55.6 Å². The molecule has 0 atom stereocenters. The smallest absolute Gasteiger partial charge is 0.224 e. The van der Waals surface area contributed by atoms with Crippen LogP contribution in [0, 0.1) is 19.7 Å². The molecule has 0 fully saturated rings. The molecule has 1 amide bonds. The average molecular weight is 452 g/mol. The predicted octanol–water partition coefficient (Wildman–Crippen LogP) is 7.10. The second-order valence-electron chi connectivity index (χ2n) is 8.84. The van der Waals surface area contributed by atoms with Crippen LogP contribution in [0.4, 0.5) is 10.1 Å². The summed E-state index contributed by atoms with van der Waals surface area (Å²) in [7, 11) is 0. The number of benzene rings is 3. The van der Waals surface area contributed by atoms with Gasteiger partial charge in [-0.15, -0.1) is 0 Å². The lowest BCUT2D eigenvalue weighted by Gasteiger charge is -2.09. The molecule has 0 radical (unpaired) electrons. The van der Waals surface area contributed by atoms with Gasteiger partial charge in [-0.25, -0.2) is 9.37 Å². The Morgan fingerprint density at radius 2 is 1.76 bits per heavy atom. The second-order valence-corrected chi connectivity index (χ2v) is 8.84. The summed E-state index contributed by atoms with van der Waals surface area (Å²) in [4.78, 5) is 20.9. The van der Waals surface area contributed by atoms with Crippen LogP contribution in [0.1, 0.15) is 29.5 Å². The fraction of sp³-hybridized carbons (Fsp3) is 0.172. The molecule has 0 bridgehead atoms. The van der Waals surface area contributed by atoms with Crippen LogP contribution in [0.25, 0.3) is 33.2 Å². The molecular formula is C29H26FN3O. The van der Waals surface area contributed by atoms with E-state index in [0.29, 0.717) is 19.3 Å². The van der Waals surface area contributed by atoms with Gasteiger partial charge in [0.1, 0.15) is 5.82 Å². The number of nitrogens with zero attached hydrogens (tertiary/aromatic N) is 1. The van der Waals surface area contributed by atoms with Crippen LogP contribution in [0.2, 0.25) is 0 Å². The third-order valence-electron chi connectivity index (χ3n) is 6.06. The first-order chi connectivity index (χ1) is 16.5. The number of amides is 1. The van der Waals surface area contributed by atoms with Crippen molar-refractivity contribution in [3.8, 4) is 11.4 Å². The van der Waals surface area contributed by atoms with E-state index in [2.05, 4.69) is 16.4 Å². The SMILES string of the molecule is Cc1cc(C)cc(NC(=O)CCCc2c(-c3ccc4ccccc4n3)[nH]c3ccc(F)cc23)c1. The Kier molecular flexibility index (Phi) is 5.84. The van der Waals surface area contributed by atoms with Gasteiger partial charge in [-0.1, -0.05) is 30.3 Å². The van der Waals surface area contributed by atoms with Gasteiger partial charge in [0.25, 0.3) is 0 Å². The molecule has 0 saturated carbocycles. The summed E-state index contributed by atoms with van der Waals surface area (Å²) in [6.45, 7) is 4.03. The maximum absolute atomic E-state index is 14.1. The van der Waals surface area contributed by atoms with Crippen LogP contribution >= 0.6 is 0 Å². The fourth-order valence-corrected chi connectivity index (χ4v) is 4.60. The Balaban J connectivity index is 1.40. The summed E-state index contributed by atoms with van der Waals surface area (Å²) in [6, 6.07) is 22.8. The van der Waals surface area contributed by atoms with Gasteiger partial charge in [-0.05, 0) is 85.8 Å². The first kappa shape index (κ1) is 21.8. The number of rotatable bonds is 6. The number of aromatic nitrogens is 2. The average Bonchev–Trinajstić information content (AvgIpc) is 3.15. The monoisotopic (exact) mass is 451 g/mol. The quantitative estimate of drug-likeness (QED) is 0.289. The number of pyridine rings is 1. The van der Waals surface area contributed by atoms with Crippen molar-refractivity contribution in [2.75, 3.05) is 5.32 Å². The van der Waals surface area contributed by atoms with E-state index in [1.807, 2.05) is 62.4 Å². The van der Waals surface area contributed by atoms with Gasteiger partial charge < -0.3 is 10.3 Å². The maximum atomic E-state index is 14.1. The van der Waals surface area contributed by atoms with E-state index in [1.54, 1.807) is 12.1 Å².